The van der Waals surface area contributed by atoms with Gasteiger partial charge >= 0.3 is 5.97 Å². The number of nitriles is 1. The fourth-order valence-electron chi connectivity index (χ4n) is 3.29. The molecule has 2 aromatic heterocycles. The molecule has 0 spiro atoms. The standard InChI is InChI=1S/C24H19N3O4S/c1-16-20-22(26-15-27(23(20)28)14-18-8-6-5-7-17(18)13-25)32-21(16)24(29)31-12-11-30-19-9-3-2-4-10-19/h2-10,15H,11-12,14H2,1H3. The van der Waals surface area contributed by atoms with E-state index >= 15 is 0 Å². The van der Waals surface area contributed by atoms with Crippen LogP contribution < -0.4 is 10.3 Å². The molecule has 0 saturated carbocycles. The average molecular weight is 446 g/mol. The van der Waals surface area contributed by atoms with Crippen molar-refractivity contribution in [3.63, 3.8) is 0 Å². The molecule has 0 bridgehead atoms. The summed E-state index contributed by atoms with van der Waals surface area (Å²) in [4.78, 5) is 30.8. The molecule has 0 aliphatic rings. The number of carbonyl (C=O) groups excluding carboxylic acids is 1. The second-order valence-corrected chi connectivity index (χ2v) is 7.98. The SMILES string of the molecule is Cc1c(C(=O)OCCOc2ccccc2)sc2ncn(Cc3ccccc3C#N)c(=O)c12. The number of hydrogen-bond donors (Lipinski definition) is 0. The molecule has 32 heavy (non-hydrogen) atoms. The Morgan fingerprint density at radius 3 is 2.66 bits per heavy atom. The third-order valence-corrected chi connectivity index (χ3v) is 6.09. The van der Waals surface area contributed by atoms with E-state index in [1.54, 1.807) is 25.1 Å². The third-order valence-electron chi connectivity index (χ3n) is 4.91. The number of hydrogen-bond acceptors (Lipinski definition) is 7. The first kappa shape index (κ1) is 21.3. The Labute approximate surface area is 188 Å². The molecule has 0 radical (unpaired) electrons. The van der Waals surface area contributed by atoms with E-state index in [1.165, 1.54) is 10.9 Å². The number of nitrogens with zero attached hydrogens (tertiary/aromatic N) is 3. The van der Waals surface area contributed by atoms with Crippen LogP contribution in [-0.4, -0.2) is 28.7 Å². The van der Waals surface area contributed by atoms with Crippen LogP contribution in [0.4, 0.5) is 0 Å². The normalized spacial score (nSPS) is 10.6. The molecule has 0 saturated heterocycles. The highest BCUT2D eigenvalue weighted by Crippen LogP contribution is 2.27. The summed E-state index contributed by atoms with van der Waals surface area (Å²) in [5.41, 5.74) is 1.51. The van der Waals surface area contributed by atoms with E-state index in [0.717, 1.165) is 16.9 Å². The first-order chi connectivity index (χ1) is 15.6. The van der Waals surface area contributed by atoms with Gasteiger partial charge in [0.05, 0.1) is 29.9 Å². The summed E-state index contributed by atoms with van der Waals surface area (Å²) in [5, 5.41) is 9.68. The minimum absolute atomic E-state index is 0.0873. The summed E-state index contributed by atoms with van der Waals surface area (Å²) in [5.74, 6) is 0.187. The molecule has 0 aliphatic carbocycles. The molecule has 0 unspecified atom stereocenters. The van der Waals surface area contributed by atoms with Gasteiger partial charge in [0.15, 0.2) is 0 Å². The van der Waals surface area contributed by atoms with Crippen molar-refractivity contribution < 1.29 is 14.3 Å². The van der Waals surface area contributed by atoms with E-state index < -0.39 is 5.97 Å². The first-order valence-corrected chi connectivity index (χ1v) is 10.7. The number of thiophene rings is 1. The van der Waals surface area contributed by atoms with Crippen LogP contribution in [0.5, 0.6) is 5.75 Å². The molecule has 8 heteroatoms. The second kappa shape index (κ2) is 9.45. The van der Waals surface area contributed by atoms with Crippen LogP contribution in [0.25, 0.3) is 10.2 Å². The van der Waals surface area contributed by atoms with Gasteiger partial charge in [-0.3, -0.25) is 9.36 Å². The van der Waals surface area contributed by atoms with Crippen LogP contribution in [0.1, 0.15) is 26.4 Å². The third kappa shape index (κ3) is 4.38. The second-order valence-electron chi connectivity index (χ2n) is 6.98. The van der Waals surface area contributed by atoms with Crippen LogP contribution in [0.2, 0.25) is 0 Å². The van der Waals surface area contributed by atoms with Crippen molar-refractivity contribution >= 4 is 27.5 Å². The van der Waals surface area contributed by atoms with Crippen molar-refractivity contribution in [1.82, 2.24) is 9.55 Å². The van der Waals surface area contributed by atoms with E-state index in [2.05, 4.69) is 11.1 Å². The molecule has 160 valence electrons. The highest BCUT2D eigenvalue weighted by molar-refractivity contribution is 7.20. The number of aromatic nitrogens is 2. The van der Waals surface area contributed by atoms with Crippen LogP contribution in [-0.2, 0) is 11.3 Å². The van der Waals surface area contributed by atoms with Gasteiger partial charge in [-0.05, 0) is 36.2 Å². The van der Waals surface area contributed by atoms with Gasteiger partial charge in [-0.2, -0.15) is 5.26 Å². The average Bonchev–Trinajstić information content (AvgIpc) is 3.16. The number of esters is 1. The fraction of sp³-hybridized carbons (Fsp3) is 0.167. The molecule has 0 atom stereocenters. The number of rotatable bonds is 7. The van der Waals surface area contributed by atoms with Gasteiger partial charge in [0, 0.05) is 0 Å². The maximum atomic E-state index is 13.1. The van der Waals surface area contributed by atoms with Crippen molar-refractivity contribution in [3.8, 4) is 11.8 Å². The molecular weight excluding hydrogens is 426 g/mol. The summed E-state index contributed by atoms with van der Waals surface area (Å²) in [6.45, 7) is 2.25. The Morgan fingerprint density at radius 1 is 1.12 bits per heavy atom. The van der Waals surface area contributed by atoms with E-state index in [4.69, 9.17) is 9.47 Å². The van der Waals surface area contributed by atoms with E-state index in [-0.39, 0.29) is 25.3 Å². The zero-order valence-electron chi connectivity index (χ0n) is 17.3. The molecule has 0 N–H and O–H groups in total. The maximum absolute atomic E-state index is 13.1. The fourth-order valence-corrected chi connectivity index (χ4v) is 4.33. The molecule has 7 nitrogen and oxygen atoms in total. The number of carbonyl (C=O) groups is 1. The van der Waals surface area contributed by atoms with Crippen molar-refractivity contribution in [2.24, 2.45) is 0 Å². The minimum atomic E-state index is -0.511. The zero-order valence-corrected chi connectivity index (χ0v) is 18.1. The summed E-state index contributed by atoms with van der Waals surface area (Å²) in [6, 6.07) is 18.5. The monoisotopic (exact) mass is 445 g/mol. The Balaban J connectivity index is 1.51. The Kier molecular flexibility index (Phi) is 6.29. The van der Waals surface area contributed by atoms with Crippen LogP contribution in [0.3, 0.4) is 0 Å². The van der Waals surface area contributed by atoms with Gasteiger partial charge in [-0.25, -0.2) is 9.78 Å². The summed E-state index contributed by atoms with van der Waals surface area (Å²) in [6.07, 6.45) is 1.44. The van der Waals surface area contributed by atoms with Gasteiger partial charge in [0.25, 0.3) is 5.56 Å². The summed E-state index contributed by atoms with van der Waals surface area (Å²) >= 11 is 1.13. The van der Waals surface area contributed by atoms with Gasteiger partial charge in [0.1, 0.15) is 28.7 Å². The van der Waals surface area contributed by atoms with Crippen molar-refractivity contribution in [1.29, 1.82) is 5.26 Å². The molecule has 2 heterocycles. The smallest absolute Gasteiger partial charge is 0.348 e. The number of benzene rings is 2. The lowest BCUT2D eigenvalue weighted by atomic mass is 10.1. The predicted molar refractivity (Wildman–Crippen MR) is 121 cm³/mol. The maximum Gasteiger partial charge on any atom is 0.348 e. The van der Waals surface area contributed by atoms with Crippen molar-refractivity contribution in [3.05, 3.63) is 92.8 Å². The molecular formula is C24H19N3O4S. The van der Waals surface area contributed by atoms with Crippen LogP contribution in [0, 0.1) is 18.3 Å². The Bertz CT molecular complexity index is 1370. The lowest BCUT2D eigenvalue weighted by molar-refractivity contribution is 0.0455. The highest BCUT2D eigenvalue weighted by atomic mass is 32.1. The lowest BCUT2D eigenvalue weighted by Crippen LogP contribution is -2.21. The van der Waals surface area contributed by atoms with Crippen LogP contribution >= 0.6 is 11.3 Å². The molecule has 2 aromatic carbocycles. The molecule has 0 aliphatic heterocycles. The Hall–Kier alpha value is -3.96. The van der Waals surface area contributed by atoms with Crippen molar-refractivity contribution in [2.75, 3.05) is 13.2 Å². The minimum Gasteiger partial charge on any atom is -0.490 e. The molecule has 0 amide bonds. The molecule has 4 aromatic rings. The van der Waals surface area contributed by atoms with Crippen molar-refractivity contribution in [2.45, 2.75) is 13.5 Å². The highest BCUT2D eigenvalue weighted by Gasteiger charge is 2.21. The lowest BCUT2D eigenvalue weighted by Gasteiger charge is -2.07. The molecule has 0 fully saturated rings. The van der Waals surface area contributed by atoms with Gasteiger partial charge in [0.2, 0.25) is 0 Å². The number of fused-ring (bicyclic) bond motifs is 1. The number of ether oxygens (including phenoxy) is 2. The van der Waals surface area contributed by atoms with Gasteiger partial charge in [-0.15, -0.1) is 11.3 Å². The number of para-hydroxylation sites is 1. The number of aryl methyl sites for hydroxylation is 1. The van der Waals surface area contributed by atoms with E-state index in [1.807, 2.05) is 36.4 Å². The van der Waals surface area contributed by atoms with Gasteiger partial charge in [-0.1, -0.05) is 36.4 Å². The summed E-state index contributed by atoms with van der Waals surface area (Å²) in [7, 11) is 0. The molecule has 4 rings (SSSR count). The Morgan fingerprint density at radius 2 is 1.88 bits per heavy atom. The largest absolute Gasteiger partial charge is 0.490 e. The topological polar surface area (TPSA) is 94.2 Å². The predicted octanol–water partition coefficient (Wildman–Crippen LogP) is 3.92. The first-order valence-electron chi connectivity index (χ1n) is 9.90. The van der Waals surface area contributed by atoms with E-state index in [9.17, 15) is 14.9 Å². The zero-order chi connectivity index (χ0) is 22.5. The van der Waals surface area contributed by atoms with Crippen LogP contribution in [0.15, 0.2) is 65.7 Å². The van der Waals surface area contributed by atoms with Gasteiger partial charge < -0.3 is 9.47 Å². The van der Waals surface area contributed by atoms with E-state index in [0.29, 0.717) is 32.0 Å². The summed E-state index contributed by atoms with van der Waals surface area (Å²) < 4.78 is 12.3. The quantitative estimate of drug-likeness (QED) is 0.316.